The Hall–Kier alpha value is -2.70. The Balaban J connectivity index is 1.38. The van der Waals surface area contributed by atoms with Crippen LogP contribution in [0.25, 0.3) is 0 Å². The quantitative estimate of drug-likeness (QED) is 0.640. The summed E-state index contributed by atoms with van der Waals surface area (Å²) in [6, 6.07) is 16.8. The van der Waals surface area contributed by atoms with Crippen LogP contribution in [0.15, 0.2) is 54.6 Å². The van der Waals surface area contributed by atoms with E-state index in [9.17, 15) is 9.18 Å². The molecule has 6 heteroatoms. The van der Waals surface area contributed by atoms with Crippen LogP contribution in [-0.4, -0.2) is 12.5 Å². The minimum Gasteiger partial charge on any atom is -0.353 e. The number of carbonyl (C=O) groups excluding carboxylic acids is 1. The van der Waals surface area contributed by atoms with Gasteiger partial charge in [0.05, 0.1) is 17.0 Å². The molecule has 0 aliphatic carbocycles. The van der Waals surface area contributed by atoms with Gasteiger partial charge >= 0.3 is 0 Å². The first kappa shape index (κ1) is 17.4. The predicted octanol–water partition coefficient (Wildman–Crippen LogP) is 2.88. The summed E-state index contributed by atoms with van der Waals surface area (Å²) in [5.74, 6) is -0.313. The highest BCUT2D eigenvalue weighted by atomic mass is 32.1. The van der Waals surface area contributed by atoms with Gasteiger partial charge in [-0.15, -0.1) is 11.3 Å². The van der Waals surface area contributed by atoms with Crippen molar-refractivity contribution in [3.05, 3.63) is 87.5 Å². The molecule has 28 heavy (non-hydrogen) atoms. The highest BCUT2D eigenvalue weighted by Crippen LogP contribution is 2.39. The van der Waals surface area contributed by atoms with Crippen LogP contribution in [0.4, 0.5) is 9.39 Å². The van der Waals surface area contributed by atoms with Gasteiger partial charge in [0.1, 0.15) is 30.1 Å². The maximum atomic E-state index is 13.2. The molecule has 0 saturated carbocycles. The Morgan fingerprint density at radius 2 is 1.86 bits per heavy atom. The topological polar surface area (TPSA) is 45.6 Å². The van der Waals surface area contributed by atoms with Crippen molar-refractivity contribution in [3.63, 3.8) is 0 Å². The zero-order valence-electron chi connectivity index (χ0n) is 15.3. The number of carbonyl (C=O) groups is 1. The van der Waals surface area contributed by atoms with E-state index >= 15 is 0 Å². The molecule has 2 atom stereocenters. The molecule has 1 unspecified atom stereocenters. The second-order valence-electron chi connectivity index (χ2n) is 7.40. The number of quaternary nitrogens is 1. The van der Waals surface area contributed by atoms with Crippen LogP contribution >= 0.6 is 11.3 Å². The van der Waals surface area contributed by atoms with Gasteiger partial charge in [0, 0.05) is 12.0 Å². The average molecular weight is 394 g/mol. The van der Waals surface area contributed by atoms with Gasteiger partial charge < -0.3 is 15.5 Å². The zero-order chi connectivity index (χ0) is 19.1. The maximum absolute atomic E-state index is 13.2. The fourth-order valence-corrected chi connectivity index (χ4v) is 5.45. The molecule has 1 amide bonds. The van der Waals surface area contributed by atoms with E-state index in [-0.39, 0.29) is 17.9 Å². The summed E-state index contributed by atoms with van der Waals surface area (Å²) in [5.41, 5.74) is 4.19. The third-order valence-electron chi connectivity index (χ3n) is 5.51. The molecule has 1 aromatic heterocycles. The van der Waals surface area contributed by atoms with Crippen molar-refractivity contribution in [3.8, 4) is 0 Å². The molecule has 2 aliphatic rings. The monoisotopic (exact) mass is 394 g/mol. The molecule has 0 bridgehead atoms. The zero-order valence-corrected chi connectivity index (χ0v) is 16.1. The molecule has 3 heterocycles. The van der Waals surface area contributed by atoms with Gasteiger partial charge in [-0.1, -0.05) is 42.5 Å². The van der Waals surface area contributed by atoms with E-state index in [1.165, 1.54) is 33.0 Å². The number of thiophene rings is 1. The number of benzene rings is 2. The second kappa shape index (κ2) is 7.04. The number of fused-ring (bicyclic) bond motifs is 3. The third-order valence-corrected chi connectivity index (χ3v) is 6.67. The number of hydrogen-bond donors (Lipinski definition) is 3. The fourth-order valence-electron chi connectivity index (χ4n) is 4.11. The van der Waals surface area contributed by atoms with Crippen LogP contribution in [-0.2, 0) is 19.5 Å². The van der Waals surface area contributed by atoms with Crippen molar-refractivity contribution in [1.29, 1.82) is 0 Å². The molecule has 142 valence electrons. The van der Waals surface area contributed by atoms with E-state index < -0.39 is 0 Å². The van der Waals surface area contributed by atoms with Crippen LogP contribution in [0.3, 0.4) is 0 Å². The smallest absolute Gasteiger partial charge is 0.256 e. The van der Waals surface area contributed by atoms with E-state index in [0.29, 0.717) is 0 Å². The summed E-state index contributed by atoms with van der Waals surface area (Å²) in [6.07, 6.45) is 0.591. The van der Waals surface area contributed by atoms with Crippen LogP contribution in [0.5, 0.6) is 0 Å². The highest BCUT2D eigenvalue weighted by Gasteiger charge is 2.34. The van der Waals surface area contributed by atoms with E-state index in [1.54, 1.807) is 23.5 Å². The molecule has 0 radical (unpaired) electrons. The second-order valence-corrected chi connectivity index (χ2v) is 8.50. The molecule has 0 fully saturated rings. The lowest BCUT2D eigenvalue weighted by molar-refractivity contribution is -0.929. The van der Waals surface area contributed by atoms with Crippen molar-refractivity contribution in [2.75, 3.05) is 11.9 Å². The number of anilines is 1. The van der Waals surface area contributed by atoms with Gasteiger partial charge in [0.2, 0.25) is 0 Å². The van der Waals surface area contributed by atoms with Gasteiger partial charge in [0.25, 0.3) is 5.91 Å². The van der Waals surface area contributed by atoms with Crippen molar-refractivity contribution in [2.24, 2.45) is 0 Å². The molecule has 3 N–H and O–H groups in total. The van der Waals surface area contributed by atoms with Gasteiger partial charge in [-0.25, -0.2) is 4.39 Å². The average Bonchev–Trinajstić information content (AvgIpc) is 3.07. The summed E-state index contributed by atoms with van der Waals surface area (Å²) in [6.45, 7) is 2.97. The van der Waals surface area contributed by atoms with E-state index in [1.807, 2.05) is 6.07 Å². The maximum Gasteiger partial charge on any atom is 0.256 e. The van der Waals surface area contributed by atoms with Crippen molar-refractivity contribution < 1.29 is 14.1 Å². The molecular weight excluding hydrogens is 373 g/mol. The molecule has 4 nitrogen and oxygen atoms in total. The molecular formula is C22H21FN3OS+. The first-order valence-corrected chi connectivity index (χ1v) is 10.3. The summed E-state index contributed by atoms with van der Waals surface area (Å²) in [4.78, 5) is 15.6. The normalized spacial score (nSPS) is 20.7. The summed E-state index contributed by atoms with van der Waals surface area (Å²) < 4.78 is 13.2. The molecule has 3 aromatic rings. The van der Waals surface area contributed by atoms with Gasteiger partial charge in [-0.2, -0.15) is 0 Å². The Labute approximate surface area is 167 Å². The number of amides is 1. The fraction of sp³-hybridized carbons (Fsp3) is 0.227. The first-order valence-electron chi connectivity index (χ1n) is 9.52. The number of rotatable bonds is 3. The van der Waals surface area contributed by atoms with E-state index in [2.05, 4.69) is 34.9 Å². The summed E-state index contributed by atoms with van der Waals surface area (Å²) >= 11 is 1.69. The Bertz CT molecular complexity index is 1020. The number of halogens is 1. The number of hydrogen-bond acceptors (Lipinski definition) is 3. The van der Waals surface area contributed by atoms with Crippen LogP contribution < -0.4 is 15.5 Å². The van der Waals surface area contributed by atoms with Crippen LogP contribution in [0.1, 0.15) is 38.1 Å². The van der Waals surface area contributed by atoms with Crippen molar-refractivity contribution in [1.82, 2.24) is 5.32 Å². The lowest BCUT2D eigenvalue weighted by atomic mass is 10.00. The Morgan fingerprint density at radius 3 is 2.64 bits per heavy atom. The van der Waals surface area contributed by atoms with E-state index in [0.717, 1.165) is 42.2 Å². The Kier molecular flexibility index (Phi) is 4.37. The minimum atomic E-state index is -0.325. The third kappa shape index (κ3) is 3.19. The standard InChI is InChI=1S/C22H20FN3OS/c23-16-8-6-15(7-9-16)20-24-21(27)19-17-10-11-26(12-14-4-2-1-3-5-14)13-18(17)28-22(19)25-20/h1-9,20,25H,10-13H2,(H,24,27)/p+1/t20-/m0/s1. The molecule has 0 spiro atoms. The van der Waals surface area contributed by atoms with Gasteiger partial charge in [0.15, 0.2) is 0 Å². The van der Waals surface area contributed by atoms with Crippen LogP contribution in [0.2, 0.25) is 0 Å². The lowest BCUT2D eigenvalue weighted by Crippen LogP contribution is -3.10. The highest BCUT2D eigenvalue weighted by molar-refractivity contribution is 7.16. The predicted molar refractivity (Wildman–Crippen MR) is 108 cm³/mol. The molecule has 2 aromatic carbocycles. The van der Waals surface area contributed by atoms with Crippen molar-refractivity contribution in [2.45, 2.75) is 25.7 Å². The largest absolute Gasteiger partial charge is 0.353 e. The Morgan fingerprint density at radius 1 is 1.07 bits per heavy atom. The first-order chi connectivity index (χ1) is 13.7. The SMILES string of the molecule is O=C1N[C@H](c2ccc(F)cc2)Nc2sc3c(c21)CC[NH+](Cc1ccccc1)C3. The number of nitrogens with one attached hydrogen (secondary N) is 3. The summed E-state index contributed by atoms with van der Waals surface area (Å²) in [5, 5.41) is 7.40. The summed E-state index contributed by atoms with van der Waals surface area (Å²) in [7, 11) is 0. The molecule has 5 rings (SSSR count). The lowest BCUT2D eigenvalue weighted by Gasteiger charge is -2.27. The van der Waals surface area contributed by atoms with Gasteiger partial charge in [-0.05, 0) is 23.3 Å². The van der Waals surface area contributed by atoms with Crippen molar-refractivity contribution >= 4 is 22.2 Å². The molecule has 0 saturated heterocycles. The minimum absolute atomic E-state index is 0.0351. The van der Waals surface area contributed by atoms with E-state index in [4.69, 9.17) is 0 Å². The molecule has 2 aliphatic heterocycles. The van der Waals surface area contributed by atoms with Crippen LogP contribution in [0, 0.1) is 5.82 Å². The van der Waals surface area contributed by atoms with Gasteiger partial charge in [-0.3, -0.25) is 4.79 Å².